The van der Waals surface area contributed by atoms with Gasteiger partial charge in [0.2, 0.25) is 5.91 Å². The molecule has 0 radical (unpaired) electrons. The first-order valence-corrected chi connectivity index (χ1v) is 5.16. The molecule has 0 saturated heterocycles. The Kier molecular flexibility index (Phi) is 2.58. The van der Waals surface area contributed by atoms with Crippen LogP contribution in [-0.4, -0.2) is 15.7 Å². The van der Waals surface area contributed by atoms with Gasteiger partial charge in [0.1, 0.15) is 0 Å². The minimum atomic E-state index is -0.114. The van der Waals surface area contributed by atoms with E-state index in [1.165, 1.54) is 6.08 Å². The molecule has 1 atom stereocenters. The van der Waals surface area contributed by atoms with Crippen LogP contribution in [0.15, 0.2) is 18.9 Å². The van der Waals surface area contributed by atoms with E-state index in [0.29, 0.717) is 0 Å². The van der Waals surface area contributed by atoms with Gasteiger partial charge in [-0.15, -0.1) is 0 Å². The number of aryl methyl sites for hydroxylation is 2. The molecule has 0 fully saturated rings. The molecule has 0 saturated carbocycles. The second kappa shape index (κ2) is 3.88. The number of carbonyl (C=O) groups excluding carboxylic acids is 1. The normalized spacial score (nSPS) is 19.4. The first-order valence-electron chi connectivity index (χ1n) is 5.16. The monoisotopic (exact) mass is 205 g/mol. The summed E-state index contributed by atoms with van der Waals surface area (Å²) < 4.78 is 1.81. The molecule has 1 heterocycles. The molecule has 1 aliphatic carbocycles. The van der Waals surface area contributed by atoms with E-state index in [1.807, 2.05) is 17.9 Å². The second-order valence-electron chi connectivity index (χ2n) is 3.86. The summed E-state index contributed by atoms with van der Waals surface area (Å²) in [6.07, 6.45) is 6.37. The van der Waals surface area contributed by atoms with Crippen LogP contribution in [0.5, 0.6) is 0 Å². The third kappa shape index (κ3) is 1.93. The van der Waals surface area contributed by atoms with Gasteiger partial charge in [-0.3, -0.25) is 9.48 Å². The third-order valence-corrected chi connectivity index (χ3v) is 2.72. The molecule has 4 nitrogen and oxygen atoms in total. The van der Waals surface area contributed by atoms with Gasteiger partial charge in [-0.2, -0.15) is 5.10 Å². The number of carbonyl (C=O) groups is 1. The maximum absolute atomic E-state index is 11.2. The molecule has 1 aromatic rings. The molecule has 1 aromatic heterocycles. The zero-order valence-electron chi connectivity index (χ0n) is 8.86. The van der Waals surface area contributed by atoms with Crippen LogP contribution in [0.4, 0.5) is 0 Å². The summed E-state index contributed by atoms with van der Waals surface area (Å²) in [5, 5.41) is 7.30. The Morgan fingerprint density at radius 1 is 1.80 bits per heavy atom. The van der Waals surface area contributed by atoms with E-state index in [1.54, 1.807) is 0 Å². The molecule has 0 aliphatic heterocycles. The predicted octanol–water partition coefficient (Wildman–Crippen LogP) is 1.10. The standard InChI is InChI=1S/C11H15N3O/c1-3-11(15)12-9-5-4-6-10-8(9)7-14(2)13-10/h3,7,9H,1,4-6H2,2H3,(H,12,15). The van der Waals surface area contributed by atoms with Crippen molar-refractivity contribution >= 4 is 5.91 Å². The van der Waals surface area contributed by atoms with Crippen LogP contribution < -0.4 is 5.32 Å². The summed E-state index contributed by atoms with van der Waals surface area (Å²) in [5.74, 6) is -0.114. The second-order valence-corrected chi connectivity index (χ2v) is 3.86. The number of fused-ring (bicyclic) bond motifs is 1. The Balaban J connectivity index is 2.21. The lowest BCUT2D eigenvalue weighted by molar-refractivity contribution is -0.117. The molecule has 80 valence electrons. The Hall–Kier alpha value is -1.58. The molecule has 1 unspecified atom stereocenters. The molecule has 1 amide bonds. The van der Waals surface area contributed by atoms with Crippen molar-refractivity contribution in [3.05, 3.63) is 30.1 Å². The van der Waals surface area contributed by atoms with Gasteiger partial charge >= 0.3 is 0 Å². The summed E-state index contributed by atoms with van der Waals surface area (Å²) >= 11 is 0. The first kappa shape index (κ1) is 9.96. The van der Waals surface area contributed by atoms with Gasteiger partial charge in [0.05, 0.1) is 11.7 Å². The smallest absolute Gasteiger partial charge is 0.243 e. The SMILES string of the molecule is C=CC(=O)NC1CCCc2nn(C)cc21. The lowest BCUT2D eigenvalue weighted by Gasteiger charge is -2.21. The topological polar surface area (TPSA) is 46.9 Å². The number of hydrogen-bond donors (Lipinski definition) is 1. The van der Waals surface area contributed by atoms with Gasteiger partial charge in [-0.1, -0.05) is 6.58 Å². The Labute approximate surface area is 89.0 Å². The van der Waals surface area contributed by atoms with Gasteiger partial charge < -0.3 is 5.32 Å². The van der Waals surface area contributed by atoms with Gasteiger partial charge in [0.25, 0.3) is 0 Å². The van der Waals surface area contributed by atoms with E-state index in [2.05, 4.69) is 17.0 Å². The number of aromatic nitrogens is 2. The highest BCUT2D eigenvalue weighted by Crippen LogP contribution is 2.28. The lowest BCUT2D eigenvalue weighted by atomic mass is 9.93. The molecule has 0 spiro atoms. The Morgan fingerprint density at radius 2 is 2.60 bits per heavy atom. The highest BCUT2D eigenvalue weighted by Gasteiger charge is 2.23. The van der Waals surface area contributed by atoms with Crippen LogP contribution in [0, 0.1) is 0 Å². The van der Waals surface area contributed by atoms with Crippen molar-refractivity contribution in [2.24, 2.45) is 7.05 Å². The number of amides is 1. The molecular weight excluding hydrogens is 190 g/mol. The van der Waals surface area contributed by atoms with Crippen molar-refractivity contribution in [3.8, 4) is 0 Å². The van der Waals surface area contributed by atoms with Crippen LogP contribution in [-0.2, 0) is 18.3 Å². The van der Waals surface area contributed by atoms with Crippen LogP contribution in [0.2, 0.25) is 0 Å². The minimum absolute atomic E-state index is 0.105. The van der Waals surface area contributed by atoms with E-state index in [-0.39, 0.29) is 11.9 Å². The van der Waals surface area contributed by atoms with E-state index in [0.717, 1.165) is 30.5 Å². The van der Waals surface area contributed by atoms with E-state index in [4.69, 9.17) is 0 Å². The summed E-state index contributed by atoms with van der Waals surface area (Å²) in [5.41, 5.74) is 2.26. The Bertz CT molecular complexity index is 395. The van der Waals surface area contributed by atoms with E-state index in [9.17, 15) is 4.79 Å². The van der Waals surface area contributed by atoms with Crippen molar-refractivity contribution in [2.75, 3.05) is 0 Å². The van der Waals surface area contributed by atoms with E-state index < -0.39 is 0 Å². The fourth-order valence-electron chi connectivity index (χ4n) is 2.05. The fraction of sp³-hybridized carbons (Fsp3) is 0.455. The van der Waals surface area contributed by atoms with Crippen LogP contribution in [0.3, 0.4) is 0 Å². The van der Waals surface area contributed by atoms with Crippen LogP contribution in [0.1, 0.15) is 30.1 Å². The van der Waals surface area contributed by atoms with Gasteiger partial charge in [0, 0.05) is 18.8 Å². The van der Waals surface area contributed by atoms with Crippen molar-refractivity contribution in [1.29, 1.82) is 0 Å². The summed E-state index contributed by atoms with van der Waals surface area (Å²) in [6.45, 7) is 3.45. The number of rotatable bonds is 2. The third-order valence-electron chi connectivity index (χ3n) is 2.72. The van der Waals surface area contributed by atoms with Crippen molar-refractivity contribution in [1.82, 2.24) is 15.1 Å². The molecule has 0 aromatic carbocycles. The number of hydrogen-bond acceptors (Lipinski definition) is 2. The Morgan fingerprint density at radius 3 is 3.33 bits per heavy atom. The van der Waals surface area contributed by atoms with Crippen molar-refractivity contribution in [3.63, 3.8) is 0 Å². The zero-order chi connectivity index (χ0) is 10.8. The van der Waals surface area contributed by atoms with Gasteiger partial charge in [0.15, 0.2) is 0 Å². The van der Waals surface area contributed by atoms with E-state index >= 15 is 0 Å². The first-order chi connectivity index (χ1) is 7.20. The maximum atomic E-state index is 11.2. The highest BCUT2D eigenvalue weighted by atomic mass is 16.1. The average molecular weight is 205 g/mol. The molecule has 2 rings (SSSR count). The molecule has 0 bridgehead atoms. The van der Waals surface area contributed by atoms with Crippen LogP contribution in [0.25, 0.3) is 0 Å². The summed E-state index contributed by atoms with van der Waals surface area (Å²) in [4.78, 5) is 11.2. The predicted molar refractivity (Wildman–Crippen MR) is 57.2 cm³/mol. The highest BCUT2D eigenvalue weighted by molar-refractivity contribution is 5.87. The zero-order valence-corrected chi connectivity index (χ0v) is 8.86. The van der Waals surface area contributed by atoms with Crippen LogP contribution >= 0.6 is 0 Å². The molecule has 4 heteroatoms. The quantitative estimate of drug-likeness (QED) is 0.735. The number of nitrogens with zero attached hydrogens (tertiary/aromatic N) is 2. The molecule has 1 aliphatic rings. The largest absolute Gasteiger partial charge is 0.346 e. The lowest BCUT2D eigenvalue weighted by Crippen LogP contribution is -2.29. The van der Waals surface area contributed by atoms with Crippen molar-refractivity contribution < 1.29 is 4.79 Å². The summed E-state index contributed by atoms with van der Waals surface area (Å²) in [7, 11) is 1.91. The fourth-order valence-corrected chi connectivity index (χ4v) is 2.05. The minimum Gasteiger partial charge on any atom is -0.346 e. The van der Waals surface area contributed by atoms with Gasteiger partial charge in [-0.05, 0) is 25.3 Å². The molecule has 1 N–H and O–H groups in total. The summed E-state index contributed by atoms with van der Waals surface area (Å²) in [6, 6.07) is 0.105. The average Bonchev–Trinajstić information content (AvgIpc) is 2.59. The van der Waals surface area contributed by atoms with Gasteiger partial charge in [-0.25, -0.2) is 0 Å². The molecule has 15 heavy (non-hydrogen) atoms. The molecular formula is C11H15N3O. The number of nitrogens with one attached hydrogen (secondary N) is 1. The maximum Gasteiger partial charge on any atom is 0.243 e. The van der Waals surface area contributed by atoms with Crippen molar-refractivity contribution in [2.45, 2.75) is 25.3 Å².